The zero-order chi connectivity index (χ0) is 15.7. The minimum Gasteiger partial charge on any atom is -0.476 e. The summed E-state index contributed by atoms with van der Waals surface area (Å²) in [4.78, 5) is 23.9. The van der Waals surface area contributed by atoms with E-state index in [2.05, 4.69) is 15.6 Å². The molecule has 0 saturated carbocycles. The van der Waals surface area contributed by atoms with Crippen LogP contribution in [0.2, 0.25) is 0 Å². The first-order valence-electron chi connectivity index (χ1n) is 6.34. The molecule has 0 bridgehead atoms. The smallest absolute Gasteiger partial charge is 0.358 e. The Hall–Kier alpha value is -2.20. The highest BCUT2D eigenvalue weighted by atomic mass is 16.5. The summed E-state index contributed by atoms with van der Waals surface area (Å²) in [6.07, 6.45) is 1.28. The topological polar surface area (TPSA) is 130 Å². The van der Waals surface area contributed by atoms with Crippen molar-refractivity contribution >= 4 is 12.0 Å². The third-order valence-corrected chi connectivity index (χ3v) is 2.60. The largest absolute Gasteiger partial charge is 0.476 e. The molecule has 0 saturated heterocycles. The molecule has 0 unspecified atom stereocenters. The molecule has 118 valence electrons. The molecule has 1 rings (SSSR count). The van der Waals surface area contributed by atoms with Crippen molar-refractivity contribution in [2.24, 2.45) is 0 Å². The average Bonchev–Trinajstić information content (AvgIpc) is 2.92. The number of carboxylic acids is 1. The highest BCUT2D eigenvalue weighted by molar-refractivity contribution is 5.84. The second kappa shape index (κ2) is 8.87. The number of aromatic carboxylic acids is 1. The molecule has 1 heterocycles. The van der Waals surface area contributed by atoms with Gasteiger partial charge in [-0.15, -0.1) is 5.10 Å². The molecule has 2 amide bonds. The van der Waals surface area contributed by atoms with Crippen LogP contribution >= 0.6 is 0 Å². The molecule has 0 aliphatic rings. The maximum absolute atomic E-state index is 11.9. The first kappa shape index (κ1) is 16.9. The lowest BCUT2D eigenvalue weighted by molar-refractivity contribution is 0.0690. The fourth-order valence-electron chi connectivity index (χ4n) is 1.53. The molecule has 10 nitrogen and oxygen atoms in total. The fraction of sp³-hybridized carbons (Fsp3) is 0.636. The quantitative estimate of drug-likeness (QED) is 0.513. The van der Waals surface area contributed by atoms with Gasteiger partial charge in [-0.25, -0.2) is 14.3 Å². The van der Waals surface area contributed by atoms with Crippen LogP contribution < -0.4 is 5.32 Å². The third kappa shape index (κ3) is 5.75. The number of rotatable bonds is 9. The van der Waals surface area contributed by atoms with Crippen molar-refractivity contribution in [1.82, 2.24) is 25.2 Å². The van der Waals surface area contributed by atoms with Crippen LogP contribution in [0.25, 0.3) is 0 Å². The number of aliphatic hydroxyl groups is 1. The molecule has 0 spiro atoms. The molecule has 0 fully saturated rings. The van der Waals surface area contributed by atoms with Gasteiger partial charge in [-0.1, -0.05) is 5.21 Å². The monoisotopic (exact) mass is 301 g/mol. The highest BCUT2D eigenvalue weighted by Gasteiger charge is 2.12. The Morgan fingerprint density at radius 2 is 2.24 bits per heavy atom. The Bertz CT molecular complexity index is 464. The molecular formula is C11H19N5O5. The van der Waals surface area contributed by atoms with Gasteiger partial charge in [0.15, 0.2) is 5.69 Å². The first-order valence-corrected chi connectivity index (χ1v) is 6.34. The van der Waals surface area contributed by atoms with Crippen LogP contribution in [0.1, 0.15) is 10.5 Å². The number of nitrogens with one attached hydrogen (secondary N) is 1. The number of carbonyl (C=O) groups is 2. The van der Waals surface area contributed by atoms with Crippen LogP contribution in [0.15, 0.2) is 6.20 Å². The Balaban J connectivity index is 2.37. The number of urea groups is 1. The Labute approximate surface area is 121 Å². The minimum absolute atomic E-state index is 0.137. The number of aliphatic hydroxyl groups excluding tert-OH is 1. The van der Waals surface area contributed by atoms with Crippen molar-refractivity contribution in [2.75, 3.05) is 40.0 Å². The van der Waals surface area contributed by atoms with Crippen LogP contribution in [0.3, 0.4) is 0 Å². The van der Waals surface area contributed by atoms with Gasteiger partial charge in [-0.05, 0) is 0 Å². The molecular weight excluding hydrogens is 282 g/mol. The van der Waals surface area contributed by atoms with Crippen molar-refractivity contribution in [2.45, 2.75) is 6.54 Å². The molecule has 1 aromatic rings. The van der Waals surface area contributed by atoms with Crippen LogP contribution in [0, 0.1) is 0 Å². The van der Waals surface area contributed by atoms with Crippen LogP contribution in [0.4, 0.5) is 4.79 Å². The lowest BCUT2D eigenvalue weighted by Crippen LogP contribution is -2.44. The number of carboxylic acid groups (broad SMARTS) is 1. The summed E-state index contributed by atoms with van der Waals surface area (Å²) in [6.45, 7) is 1.37. The summed E-state index contributed by atoms with van der Waals surface area (Å²) in [7, 11) is 1.53. The van der Waals surface area contributed by atoms with Gasteiger partial charge in [-0.2, -0.15) is 0 Å². The Morgan fingerprint density at radius 3 is 2.81 bits per heavy atom. The van der Waals surface area contributed by atoms with E-state index in [0.29, 0.717) is 19.7 Å². The number of hydrogen-bond donors (Lipinski definition) is 3. The van der Waals surface area contributed by atoms with Crippen molar-refractivity contribution < 1.29 is 24.5 Å². The summed E-state index contributed by atoms with van der Waals surface area (Å²) in [5.41, 5.74) is -0.150. The summed E-state index contributed by atoms with van der Waals surface area (Å²) in [6, 6.07) is -0.334. The Morgan fingerprint density at radius 1 is 1.48 bits per heavy atom. The SMILES string of the molecule is COCCN(CCO)C(=O)NCCn1cc(C(=O)O)nn1. The number of carbonyl (C=O) groups excluding carboxylic acids is 1. The van der Waals surface area contributed by atoms with E-state index in [1.807, 2.05) is 0 Å². The number of methoxy groups -OCH3 is 1. The highest BCUT2D eigenvalue weighted by Crippen LogP contribution is 1.93. The number of amides is 2. The van der Waals surface area contributed by atoms with Gasteiger partial charge >= 0.3 is 12.0 Å². The number of aromatic nitrogens is 3. The van der Waals surface area contributed by atoms with E-state index in [9.17, 15) is 9.59 Å². The maximum Gasteiger partial charge on any atom is 0.358 e. The lowest BCUT2D eigenvalue weighted by atomic mass is 10.5. The van der Waals surface area contributed by atoms with E-state index in [-0.39, 0.29) is 31.4 Å². The normalized spacial score (nSPS) is 10.4. The van der Waals surface area contributed by atoms with Crippen molar-refractivity contribution in [3.05, 3.63) is 11.9 Å². The van der Waals surface area contributed by atoms with E-state index in [1.165, 1.54) is 22.9 Å². The zero-order valence-corrected chi connectivity index (χ0v) is 11.7. The minimum atomic E-state index is -1.15. The van der Waals surface area contributed by atoms with Crippen molar-refractivity contribution in [1.29, 1.82) is 0 Å². The van der Waals surface area contributed by atoms with Crippen LogP contribution in [0.5, 0.6) is 0 Å². The molecule has 0 aliphatic carbocycles. The zero-order valence-electron chi connectivity index (χ0n) is 11.7. The molecule has 0 aliphatic heterocycles. The number of ether oxygens (including phenoxy) is 1. The predicted molar refractivity (Wildman–Crippen MR) is 70.9 cm³/mol. The molecule has 0 atom stereocenters. The van der Waals surface area contributed by atoms with E-state index < -0.39 is 5.97 Å². The summed E-state index contributed by atoms with van der Waals surface area (Å²) >= 11 is 0. The second-order valence-corrected chi connectivity index (χ2v) is 4.11. The summed E-state index contributed by atoms with van der Waals surface area (Å²) < 4.78 is 6.22. The van der Waals surface area contributed by atoms with Crippen molar-refractivity contribution in [3.63, 3.8) is 0 Å². The lowest BCUT2D eigenvalue weighted by Gasteiger charge is -2.21. The van der Waals surface area contributed by atoms with Crippen LogP contribution in [-0.4, -0.2) is 82.1 Å². The molecule has 0 aromatic carbocycles. The summed E-state index contributed by atoms with van der Waals surface area (Å²) in [5.74, 6) is -1.15. The van der Waals surface area contributed by atoms with E-state index in [4.69, 9.17) is 14.9 Å². The molecule has 21 heavy (non-hydrogen) atoms. The van der Waals surface area contributed by atoms with Gasteiger partial charge in [0.2, 0.25) is 0 Å². The first-order chi connectivity index (χ1) is 10.1. The predicted octanol–water partition coefficient (Wildman–Crippen LogP) is -1.37. The molecule has 0 radical (unpaired) electrons. The Kier molecular flexibility index (Phi) is 7.12. The van der Waals surface area contributed by atoms with Gasteiger partial charge in [0.05, 0.1) is 26.0 Å². The molecule has 10 heteroatoms. The van der Waals surface area contributed by atoms with E-state index in [1.54, 1.807) is 0 Å². The molecule has 1 aromatic heterocycles. The number of nitrogens with zero attached hydrogens (tertiary/aromatic N) is 4. The maximum atomic E-state index is 11.9. The van der Waals surface area contributed by atoms with Gasteiger partial charge in [0, 0.05) is 26.7 Å². The second-order valence-electron chi connectivity index (χ2n) is 4.11. The van der Waals surface area contributed by atoms with Gasteiger partial charge in [-0.3, -0.25) is 0 Å². The molecule has 3 N–H and O–H groups in total. The summed E-state index contributed by atoms with van der Waals surface area (Å²) in [5, 5.41) is 27.3. The average molecular weight is 301 g/mol. The third-order valence-electron chi connectivity index (χ3n) is 2.60. The van der Waals surface area contributed by atoms with Gasteiger partial charge in [0.25, 0.3) is 0 Å². The van der Waals surface area contributed by atoms with Gasteiger partial charge < -0.3 is 25.2 Å². The fourth-order valence-corrected chi connectivity index (χ4v) is 1.53. The standard InChI is InChI=1S/C11H19N5O5/c1-21-7-5-15(4-6-17)11(20)12-2-3-16-8-9(10(18)19)13-14-16/h8,17H,2-7H2,1H3,(H,12,20)(H,18,19). The van der Waals surface area contributed by atoms with Crippen LogP contribution in [-0.2, 0) is 11.3 Å². The van der Waals surface area contributed by atoms with Gasteiger partial charge in [0.1, 0.15) is 0 Å². The van der Waals surface area contributed by atoms with Crippen molar-refractivity contribution in [3.8, 4) is 0 Å². The van der Waals surface area contributed by atoms with E-state index in [0.717, 1.165) is 0 Å². The number of hydrogen-bond acceptors (Lipinski definition) is 6. The van der Waals surface area contributed by atoms with E-state index >= 15 is 0 Å².